The molecule has 7 heteroatoms. The Morgan fingerprint density at radius 1 is 1.12 bits per heavy atom. The van der Waals surface area contributed by atoms with Crippen molar-refractivity contribution in [3.63, 3.8) is 0 Å². The lowest BCUT2D eigenvalue weighted by Crippen LogP contribution is -2.42. The van der Waals surface area contributed by atoms with E-state index in [0.29, 0.717) is 19.8 Å². The van der Waals surface area contributed by atoms with Crippen molar-refractivity contribution in [2.45, 2.75) is 12.8 Å². The second kappa shape index (κ2) is 8.31. The van der Waals surface area contributed by atoms with Crippen molar-refractivity contribution in [2.75, 3.05) is 56.2 Å². The maximum atomic E-state index is 12.4. The van der Waals surface area contributed by atoms with E-state index in [4.69, 9.17) is 10.5 Å². The molecule has 2 saturated heterocycles. The molecule has 25 heavy (non-hydrogen) atoms. The molecular formula is C18H26N4O3. The van der Waals surface area contributed by atoms with Crippen LogP contribution >= 0.6 is 0 Å². The molecular weight excluding hydrogens is 320 g/mol. The number of morpholine rings is 1. The molecule has 2 fully saturated rings. The first kappa shape index (κ1) is 17.7. The van der Waals surface area contributed by atoms with Crippen LogP contribution in [-0.4, -0.2) is 62.7 Å². The molecule has 0 unspecified atom stereocenters. The topological polar surface area (TPSA) is 87.9 Å². The Hall–Kier alpha value is -2.12. The summed E-state index contributed by atoms with van der Waals surface area (Å²) in [5.41, 5.74) is 7.22. The molecule has 0 aliphatic carbocycles. The highest BCUT2D eigenvalue weighted by Crippen LogP contribution is 2.26. The number of nitrogens with two attached hydrogens (primary N) is 1. The zero-order valence-corrected chi connectivity index (χ0v) is 14.4. The van der Waals surface area contributed by atoms with E-state index in [1.54, 1.807) is 0 Å². The zero-order valence-electron chi connectivity index (χ0n) is 14.4. The van der Waals surface area contributed by atoms with Gasteiger partial charge in [-0.15, -0.1) is 0 Å². The van der Waals surface area contributed by atoms with E-state index >= 15 is 0 Å². The van der Waals surface area contributed by atoms with Crippen LogP contribution < -0.4 is 16.0 Å². The molecule has 2 aliphatic rings. The number of hydrogen-bond donors (Lipinski definition) is 2. The molecule has 2 amide bonds. The number of hydrogen-bond acceptors (Lipinski definition) is 5. The summed E-state index contributed by atoms with van der Waals surface area (Å²) in [5, 5.41) is 3.03. The SMILES string of the molecule is NC(=O)C1CCN(CC(=O)Nc2ccccc2N2CCOCC2)CC1. The Balaban J connectivity index is 1.55. The van der Waals surface area contributed by atoms with Gasteiger partial charge in [0, 0.05) is 19.0 Å². The normalized spacial score (nSPS) is 19.6. The average molecular weight is 346 g/mol. The molecule has 3 N–H and O–H groups in total. The van der Waals surface area contributed by atoms with E-state index in [1.807, 2.05) is 24.3 Å². The maximum absolute atomic E-state index is 12.4. The Kier molecular flexibility index (Phi) is 5.88. The highest BCUT2D eigenvalue weighted by atomic mass is 16.5. The number of nitrogens with one attached hydrogen (secondary N) is 1. The van der Waals surface area contributed by atoms with Crippen LogP contribution in [0.4, 0.5) is 11.4 Å². The second-order valence-electron chi connectivity index (χ2n) is 6.62. The number of primary amides is 1. The summed E-state index contributed by atoms with van der Waals surface area (Å²) in [6.45, 7) is 4.86. The molecule has 1 aromatic carbocycles. The number of carbonyl (C=O) groups is 2. The minimum Gasteiger partial charge on any atom is -0.378 e. The van der Waals surface area contributed by atoms with Crippen LogP contribution in [0.2, 0.25) is 0 Å². The van der Waals surface area contributed by atoms with Crippen molar-refractivity contribution in [1.29, 1.82) is 0 Å². The molecule has 0 radical (unpaired) electrons. The van der Waals surface area contributed by atoms with Gasteiger partial charge in [0.25, 0.3) is 0 Å². The average Bonchev–Trinajstić information content (AvgIpc) is 2.63. The summed E-state index contributed by atoms with van der Waals surface area (Å²) in [4.78, 5) is 28.0. The lowest BCUT2D eigenvalue weighted by molar-refractivity contribution is -0.123. The van der Waals surface area contributed by atoms with Gasteiger partial charge < -0.3 is 20.7 Å². The van der Waals surface area contributed by atoms with Crippen LogP contribution in [0.5, 0.6) is 0 Å². The van der Waals surface area contributed by atoms with Crippen molar-refractivity contribution in [3.05, 3.63) is 24.3 Å². The highest BCUT2D eigenvalue weighted by Gasteiger charge is 2.24. The summed E-state index contributed by atoms with van der Waals surface area (Å²) in [7, 11) is 0. The Morgan fingerprint density at radius 2 is 1.80 bits per heavy atom. The van der Waals surface area contributed by atoms with Gasteiger partial charge in [-0.3, -0.25) is 14.5 Å². The van der Waals surface area contributed by atoms with E-state index in [-0.39, 0.29) is 17.7 Å². The largest absolute Gasteiger partial charge is 0.378 e. The molecule has 1 aromatic rings. The van der Waals surface area contributed by atoms with Gasteiger partial charge in [-0.1, -0.05) is 12.1 Å². The standard InChI is InChI=1S/C18H26N4O3/c19-18(24)14-5-7-21(8-6-14)13-17(23)20-15-3-1-2-4-16(15)22-9-11-25-12-10-22/h1-4,14H,5-13H2,(H2,19,24)(H,20,23). The summed E-state index contributed by atoms with van der Waals surface area (Å²) >= 11 is 0. The van der Waals surface area contributed by atoms with Gasteiger partial charge in [-0.25, -0.2) is 0 Å². The first-order valence-corrected chi connectivity index (χ1v) is 8.87. The van der Waals surface area contributed by atoms with Gasteiger partial charge in [-0.05, 0) is 38.1 Å². The fourth-order valence-corrected chi connectivity index (χ4v) is 3.43. The molecule has 7 nitrogen and oxygen atoms in total. The third-order valence-electron chi connectivity index (χ3n) is 4.89. The van der Waals surface area contributed by atoms with Gasteiger partial charge in [0.15, 0.2) is 0 Å². The predicted molar refractivity (Wildman–Crippen MR) is 96.5 cm³/mol. The van der Waals surface area contributed by atoms with E-state index in [0.717, 1.165) is 50.4 Å². The number of benzene rings is 1. The number of rotatable bonds is 5. The highest BCUT2D eigenvalue weighted by molar-refractivity contribution is 5.95. The first-order valence-electron chi connectivity index (χ1n) is 8.87. The molecule has 0 bridgehead atoms. The van der Waals surface area contributed by atoms with Crippen molar-refractivity contribution in [3.8, 4) is 0 Å². The summed E-state index contributed by atoms with van der Waals surface area (Å²) in [6.07, 6.45) is 1.46. The van der Waals surface area contributed by atoms with Gasteiger partial charge in [0.05, 0.1) is 31.1 Å². The number of carbonyl (C=O) groups excluding carboxylic acids is 2. The van der Waals surface area contributed by atoms with Crippen LogP contribution in [0.3, 0.4) is 0 Å². The number of likely N-dealkylation sites (tertiary alicyclic amines) is 1. The van der Waals surface area contributed by atoms with Crippen molar-refractivity contribution in [2.24, 2.45) is 11.7 Å². The summed E-state index contributed by atoms with van der Waals surface area (Å²) < 4.78 is 5.40. The van der Waals surface area contributed by atoms with E-state index in [2.05, 4.69) is 15.1 Å². The van der Waals surface area contributed by atoms with Crippen LogP contribution in [0, 0.1) is 5.92 Å². The van der Waals surface area contributed by atoms with Crippen molar-refractivity contribution >= 4 is 23.2 Å². The number of nitrogens with zero attached hydrogens (tertiary/aromatic N) is 2. The number of para-hydroxylation sites is 2. The number of ether oxygens (including phenoxy) is 1. The van der Waals surface area contributed by atoms with E-state index in [9.17, 15) is 9.59 Å². The predicted octanol–water partition coefficient (Wildman–Crippen LogP) is 0.659. The van der Waals surface area contributed by atoms with Crippen molar-refractivity contribution < 1.29 is 14.3 Å². The Bertz CT molecular complexity index is 608. The van der Waals surface area contributed by atoms with Crippen LogP contribution in [0.1, 0.15) is 12.8 Å². The van der Waals surface area contributed by atoms with Crippen LogP contribution in [0.25, 0.3) is 0 Å². The number of piperidine rings is 1. The second-order valence-corrected chi connectivity index (χ2v) is 6.62. The van der Waals surface area contributed by atoms with E-state index in [1.165, 1.54) is 0 Å². The minimum atomic E-state index is -0.233. The van der Waals surface area contributed by atoms with Crippen LogP contribution in [-0.2, 0) is 14.3 Å². The van der Waals surface area contributed by atoms with Gasteiger partial charge in [0.1, 0.15) is 0 Å². The molecule has 0 spiro atoms. The molecule has 3 rings (SSSR count). The molecule has 0 aromatic heterocycles. The molecule has 0 atom stereocenters. The van der Waals surface area contributed by atoms with Gasteiger partial charge >= 0.3 is 0 Å². The minimum absolute atomic E-state index is 0.0294. The lowest BCUT2D eigenvalue weighted by Gasteiger charge is -2.31. The Labute approximate surface area is 148 Å². The number of amides is 2. The monoisotopic (exact) mass is 346 g/mol. The molecule has 136 valence electrons. The van der Waals surface area contributed by atoms with Gasteiger partial charge in [-0.2, -0.15) is 0 Å². The third-order valence-corrected chi connectivity index (χ3v) is 4.89. The Morgan fingerprint density at radius 3 is 2.48 bits per heavy atom. The fraction of sp³-hybridized carbons (Fsp3) is 0.556. The van der Waals surface area contributed by atoms with Crippen molar-refractivity contribution in [1.82, 2.24) is 4.90 Å². The van der Waals surface area contributed by atoms with Crippen LogP contribution in [0.15, 0.2) is 24.3 Å². The smallest absolute Gasteiger partial charge is 0.238 e. The fourth-order valence-electron chi connectivity index (χ4n) is 3.43. The van der Waals surface area contributed by atoms with Gasteiger partial charge in [0.2, 0.25) is 11.8 Å². The molecule has 2 aliphatic heterocycles. The summed E-state index contributed by atoms with van der Waals surface area (Å²) in [5.74, 6) is -0.317. The zero-order chi connectivity index (χ0) is 17.6. The quantitative estimate of drug-likeness (QED) is 0.818. The first-order chi connectivity index (χ1) is 12.1. The third kappa shape index (κ3) is 4.70. The molecule has 0 saturated carbocycles. The number of anilines is 2. The maximum Gasteiger partial charge on any atom is 0.238 e. The summed E-state index contributed by atoms with van der Waals surface area (Å²) in [6, 6.07) is 7.87. The molecule has 2 heterocycles. The lowest BCUT2D eigenvalue weighted by atomic mass is 9.96. The van der Waals surface area contributed by atoms with E-state index < -0.39 is 0 Å².